The number of halogens is 1. The minimum atomic E-state index is -0.350. The van der Waals surface area contributed by atoms with Crippen LogP contribution < -0.4 is 18.9 Å². The fraction of sp³-hybridized carbons (Fsp3) is 0.241. The molecule has 0 spiro atoms. The fourth-order valence-electron chi connectivity index (χ4n) is 3.83. The maximum atomic E-state index is 13.0. The zero-order chi connectivity index (χ0) is 27.1. The van der Waals surface area contributed by atoms with Gasteiger partial charge >= 0.3 is 0 Å². The van der Waals surface area contributed by atoms with Crippen molar-refractivity contribution in [2.75, 3.05) is 26.9 Å². The third-order valence-corrected chi connectivity index (χ3v) is 7.49. The van der Waals surface area contributed by atoms with Crippen molar-refractivity contribution in [1.29, 1.82) is 0 Å². The molecule has 0 unspecified atom stereocenters. The van der Waals surface area contributed by atoms with Crippen molar-refractivity contribution in [3.63, 3.8) is 0 Å². The summed E-state index contributed by atoms with van der Waals surface area (Å²) in [6.45, 7) is 5.12. The van der Waals surface area contributed by atoms with E-state index >= 15 is 0 Å². The lowest BCUT2D eigenvalue weighted by Gasteiger charge is -2.16. The number of amides is 2. The van der Waals surface area contributed by atoms with Crippen LogP contribution >= 0.6 is 34.4 Å². The Balaban J connectivity index is 1.47. The molecule has 1 heterocycles. The highest BCUT2D eigenvalue weighted by atomic mass is 127. The zero-order valence-electron chi connectivity index (χ0n) is 21.4. The van der Waals surface area contributed by atoms with Crippen LogP contribution in [0.15, 0.2) is 65.6 Å². The van der Waals surface area contributed by atoms with E-state index in [2.05, 4.69) is 22.6 Å². The largest absolute Gasteiger partial charge is 0.493 e. The van der Waals surface area contributed by atoms with E-state index in [1.165, 1.54) is 4.90 Å². The smallest absolute Gasteiger partial charge is 0.293 e. The number of para-hydroxylation sites is 2. The molecule has 1 fully saturated rings. The number of thioether (sulfide) groups is 1. The zero-order valence-corrected chi connectivity index (χ0v) is 24.3. The highest BCUT2D eigenvalue weighted by Gasteiger charge is 2.35. The first-order valence-electron chi connectivity index (χ1n) is 12.1. The minimum absolute atomic E-state index is 0.132. The van der Waals surface area contributed by atoms with Gasteiger partial charge < -0.3 is 18.9 Å². The Hall–Kier alpha value is -3.18. The van der Waals surface area contributed by atoms with Crippen molar-refractivity contribution in [3.8, 4) is 23.0 Å². The molecule has 198 valence electrons. The number of benzene rings is 3. The molecule has 38 heavy (non-hydrogen) atoms. The SMILES string of the molecule is CCOc1cc(/C=C2\SC(=O)N(CCOc3ccccc3OC)C2=O)cc(I)c1OCc1ccccc1C. The number of nitrogens with zero attached hydrogens (tertiary/aromatic N) is 1. The van der Waals surface area contributed by atoms with Crippen LogP contribution in [0.5, 0.6) is 23.0 Å². The van der Waals surface area contributed by atoms with E-state index in [1.54, 1.807) is 25.3 Å². The van der Waals surface area contributed by atoms with Gasteiger partial charge in [0.05, 0.1) is 28.7 Å². The molecule has 7 nitrogen and oxygen atoms in total. The number of hydrogen-bond acceptors (Lipinski definition) is 7. The lowest BCUT2D eigenvalue weighted by molar-refractivity contribution is -0.123. The van der Waals surface area contributed by atoms with Gasteiger partial charge in [0.15, 0.2) is 23.0 Å². The molecule has 1 aliphatic rings. The number of carbonyl (C=O) groups excluding carboxylic acids is 2. The van der Waals surface area contributed by atoms with Crippen LogP contribution in [0.2, 0.25) is 0 Å². The molecule has 3 aromatic rings. The maximum absolute atomic E-state index is 13.0. The van der Waals surface area contributed by atoms with Crippen molar-refractivity contribution < 1.29 is 28.5 Å². The summed E-state index contributed by atoms with van der Waals surface area (Å²) in [6.07, 6.45) is 1.71. The van der Waals surface area contributed by atoms with Crippen LogP contribution in [0.4, 0.5) is 4.79 Å². The van der Waals surface area contributed by atoms with Crippen LogP contribution in [0.3, 0.4) is 0 Å². The number of ether oxygens (including phenoxy) is 4. The molecule has 0 saturated carbocycles. The lowest BCUT2D eigenvalue weighted by atomic mass is 10.1. The minimum Gasteiger partial charge on any atom is -0.493 e. The van der Waals surface area contributed by atoms with E-state index < -0.39 is 0 Å². The standard InChI is InChI=1S/C29H28INO6S/c1-4-35-25-16-20(15-22(30)27(25)37-18-21-10-6-5-9-19(21)2)17-26-28(32)31(29(33)38-26)13-14-36-24-12-8-7-11-23(24)34-3/h5-12,15-17H,4,13-14,18H2,1-3H3/b26-17-. The average Bonchev–Trinajstić information content (AvgIpc) is 3.17. The number of carbonyl (C=O) groups is 2. The Labute approximate surface area is 240 Å². The monoisotopic (exact) mass is 645 g/mol. The van der Waals surface area contributed by atoms with Crippen molar-refractivity contribution in [1.82, 2.24) is 4.90 Å². The fourth-order valence-corrected chi connectivity index (χ4v) is 5.47. The van der Waals surface area contributed by atoms with E-state index in [-0.39, 0.29) is 24.3 Å². The molecule has 2 amide bonds. The van der Waals surface area contributed by atoms with Crippen LogP contribution in [0.25, 0.3) is 6.08 Å². The van der Waals surface area contributed by atoms with Crippen LogP contribution in [-0.4, -0.2) is 42.9 Å². The molecular formula is C29H28INO6S. The predicted octanol–water partition coefficient (Wildman–Crippen LogP) is 6.70. The summed E-state index contributed by atoms with van der Waals surface area (Å²) in [5.74, 6) is 2.03. The Morgan fingerprint density at radius 1 is 0.947 bits per heavy atom. The second-order valence-corrected chi connectivity index (χ2v) is 10.5. The summed E-state index contributed by atoms with van der Waals surface area (Å²) < 4.78 is 23.9. The number of hydrogen-bond donors (Lipinski definition) is 0. The second kappa shape index (κ2) is 13.1. The van der Waals surface area contributed by atoms with Crippen molar-refractivity contribution in [3.05, 3.63) is 85.8 Å². The van der Waals surface area contributed by atoms with Gasteiger partial charge in [0.25, 0.3) is 11.1 Å². The Morgan fingerprint density at radius 2 is 1.68 bits per heavy atom. The summed E-state index contributed by atoms with van der Waals surface area (Å²) in [5, 5.41) is -0.331. The van der Waals surface area contributed by atoms with Gasteiger partial charge in [0.1, 0.15) is 13.2 Å². The van der Waals surface area contributed by atoms with Gasteiger partial charge in [-0.3, -0.25) is 14.5 Å². The topological polar surface area (TPSA) is 74.3 Å². The molecule has 1 saturated heterocycles. The summed E-state index contributed by atoms with van der Waals surface area (Å²) in [5.41, 5.74) is 3.00. The molecule has 0 aliphatic carbocycles. The van der Waals surface area contributed by atoms with Gasteiger partial charge in [-0.15, -0.1) is 0 Å². The highest BCUT2D eigenvalue weighted by molar-refractivity contribution is 14.1. The van der Waals surface area contributed by atoms with E-state index in [9.17, 15) is 9.59 Å². The Morgan fingerprint density at radius 3 is 2.42 bits per heavy atom. The van der Waals surface area contributed by atoms with E-state index in [0.29, 0.717) is 41.1 Å². The quantitative estimate of drug-likeness (QED) is 0.170. The van der Waals surface area contributed by atoms with Crippen molar-refractivity contribution in [2.24, 2.45) is 0 Å². The van der Waals surface area contributed by atoms with Crippen molar-refractivity contribution >= 4 is 51.6 Å². The maximum Gasteiger partial charge on any atom is 0.293 e. The molecule has 0 radical (unpaired) electrons. The number of rotatable bonds is 11. The molecule has 1 aliphatic heterocycles. The summed E-state index contributed by atoms with van der Waals surface area (Å²) in [4.78, 5) is 27.1. The molecule has 0 atom stereocenters. The van der Waals surface area contributed by atoms with Crippen LogP contribution in [0, 0.1) is 10.5 Å². The first kappa shape index (κ1) is 27.8. The number of imide groups is 1. The summed E-state index contributed by atoms with van der Waals surface area (Å²) >= 11 is 3.11. The average molecular weight is 646 g/mol. The molecule has 0 aromatic heterocycles. The summed E-state index contributed by atoms with van der Waals surface area (Å²) in [7, 11) is 1.56. The Kier molecular flexibility index (Phi) is 9.57. The first-order valence-corrected chi connectivity index (χ1v) is 14.0. The normalized spacial score (nSPS) is 14.2. The van der Waals surface area contributed by atoms with Crippen LogP contribution in [-0.2, 0) is 11.4 Å². The number of aryl methyl sites for hydroxylation is 1. The van der Waals surface area contributed by atoms with E-state index in [1.807, 2.05) is 62.4 Å². The van der Waals surface area contributed by atoms with Gasteiger partial charge in [-0.1, -0.05) is 36.4 Å². The Bertz CT molecular complexity index is 1360. The highest BCUT2D eigenvalue weighted by Crippen LogP contribution is 2.38. The second-order valence-electron chi connectivity index (χ2n) is 8.31. The molecule has 0 bridgehead atoms. The lowest BCUT2D eigenvalue weighted by Crippen LogP contribution is -2.32. The molecular weight excluding hydrogens is 617 g/mol. The predicted molar refractivity (Wildman–Crippen MR) is 157 cm³/mol. The van der Waals surface area contributed by atoms with Gasteiger partial charge in [0.2, 0.25) is 0 Å². The number of methoxy groups -OCH3 is 1. The molecule has 9 heteroatoms. The van der Waals surface area contributed by atoms with Crippen LogP contribution in [0.1, 0.15) is 23.6 Å². The van der Waals surface area contributed by atoms with Gasteiger partial charge in [-0.25, -0.2) is 0 Å². The van der Waals surface area contributed by atoms with Gasteiger partial charge in [0, 0.05) is 0 Å². The first-order chi connectivity index (χ1) is 18.4. The van der Waals surface area contributed by atoms with E-state index in [4.69, 9.17) is 18.9 Å². The summed E-state index contributed by atoms with van der Waals surface area (Å²) in [6, 6.07) is 19.0. The molecule has 3 aromatic carbocycles. The van der Waals surface area contributed by atoms with E-state index in [0.717, 1.165) is 32.0 Å². The molecule has 4 rings (SSSR count). The van der Waals surface area contributed by atoms with Crippen molar-refractivity contribution in [2.45, 2.75) is 20.5 Å². The van der Waals surface area contributed by atoms with Gasteiger partial charge in [-0.2, -0.15) is 0 Å². The third kappa shape index (κ3) is 6.63. The third-order valence-electron chi connectivity index (χ3n) is 5.78. The van der Waals surface area contributed by atoms with Gasteiger partial charge in [-0.05, 0) is 95.2 Å². The molecule has 0 N–H and O–H groups in total.